The van der Waals surface area contributed by atoms with Gasteiger partial charge in [0.15, 0.2) is 0 Å². The van der Waals surface area contributed by atoms with Crippen LogP contribution in [0.15, 0.2) is 0 Å². The molecular formula is C12H22FN. The van der Waals surface area contributed by atoms with E-state index in [2.05, 4.69) is 12.2 Å². The number of alkyl halides is 1. The van der Waals surface area contributed by atoms with E-state index in [4.69, 9.17) is 0 Å². The first kappa shape index (κ1) is 10.4. The van der Waals surface area contributed by atoms with Crippen molar-refractivity contribution in [3.8, 4) is 0 Å². The van der Waals surface area contributed by atoms with Crippen molar-refractivity contribution < 1.29 is 4.39 Å². The molecule has 2 atom stereocenters. The molecule has 0 spiro atoms. The maximum atomic E-state index is 14.1. The molecule has 1 nitrogen and oxygen atoms in total. The minimum absolute atomic E-state index is 0.174. The van der Waals surface area contributed by atoms with E-state index >= 15 is 0 Å². The molecule has 0 aromatic rings. The summed E-state index contributed by atoms with van der Waals surface area (Å²) >= 11 is 0. The molecule has 0 bridgehead atoms. The number of rotatable bonds is 2. The molecule has 1 aliphatic carbocycles. The molecule has 2 aliphatic rings. The predicted molar refractivity (Wildman–Crippen MR) is 57.0 cm³/mol. The zero-order valence-electron chi connectivity index (χ0n) is 9.14. The molecule has 2 heteroatoms. The molecule has 1 saturated heterocycles. The van der Waals surface area contributed by atoms with Gasteiger partial charge in [-0.25, -0.2) is 4.39 Å². The first-order valence-electron chi connectivity index (χ1n) is 6.15. The van der Waals surface area contributed by atoms with Gasteiger partial charge in [0.05, 0.1) is 0 Å². The van der Waals surface area contributed by atoms with Crippen molar-refractivity contribution in [2.45, 2.75) is 57.7 Å². The van der Waals surface area contributed by atoms with Crippen LogP contribution in [0.25, 0.3) is 0 Å². The zero-order valence-corrected chi connectivity index (χ0v) is 9.14. The van der Waals surface area contributed by atoms with Crippen molar-refractivity contribution in [1.82, 2.24) is 5.32 Å². The fourth-order valence-electron chi connectivity index (χ4n) is 2.92. The third kappa shape index (κ3) is 2.28. The molecule has 1 heterocycles. The Labute approximate surface area is 86.5 Å². The van der Waals surface area contributed by atoms with Crippen LogP contribution in [-0.2, 0) is 0 Å². The van der Waals surface area contributed by atoms with Gasteiger partial charge in [-0.15, -0.1) is 0 Å². The average molecular weight is 199 g/mol. The normalized spacial score (nSPS) is 41.1. The largest absolute Gasteiger partial charge is 0.311 e. The van der Waals surface area contributed by atoms with Gasteiger partial charge in [0.25, 0.3) is 0 Å². The Morgan fingerprint density at radius 1 is 1.14 bits per heavy atom. The smallest absolute Gasteiger partial charge is 0.118 e. The number of halogens is 1. The van der Waals surface area contributed by atoms with Crippen LogP contribution in [0.4, 0.5) is 4.39 Å². The Bertz CT molecular complexity index is 169. The Morgan fingerprint density at radius 3 is 2.43 bits per heavy atom. The van der Waals surface area contributed by atoms with E-state index in [0.717, 1.165) is 38.1 Å². The van der Waals surface area contributed by atoms with Crippen molar-refractivity contribution >= 4 is 0 Å². The Balaban J connectivity index is 1.82. The van der Waals surface area contributed by atoms with E-state index in [0.29, 0.717) is 5.92 Å². The van der Waals surface area contributed by atoms with Crippen LogP contribution < -0.4 is 5.32 Å². The molecular weight excluding hydrogens is 177 g/mol. The van der Waals surface area contributed by atoms with Crippen LogP contribution in [0.5, 0.6) is 0 Å². The first-order chi connectivity index (χ1) is 6.77. The lowest BCUT2D eigenvalue weighted by atomic mass is 9.79. The molecule has 1 aliphatic heterocycles. The SMILES string of the molecule is CC1CCC(C(F)C2CCCN2)CC1. The molecule has 2 unspecified atom stereocenters. The van der Waals surface area contributed by atoms with Crippen molar-refractivity contribution in [2.75, 3.05) is 6.54 Å². The summed E-state index contributed by atoms with van der Waals surface area (Å²) < 4.78 is 14.1. The average Bonchev–Trinajstić information content (AvgIpc) is 2.71. The van der Waals surface area contributed by atoms with Gasteiger partial charge < -0.3 is 5.32 Å². The summed E-state index contributed by atoms with van der Waals surface area (Å²) in [6.45, 7) is 3.31. The number of nitrogens with one attached hydrogen (secondary N) is 1. The Hall–Kier alpha value is -0.110. The molecule has 0 aromatic heterocycles. The molecule has 0 aromatic carbocycles. The minimum atomic E-state index is -0.579. The maximum absolute atomic E-state index is 14.1. The lowest BCUT2D eigenvalue weighted by Gasteiger charge is -2.31. The van der Waals surface area contributed by atoms with Gasteiger partial charge in [-0.1, -0.05) is 19.8 Å². The van der Waals surface area contributed by atoms with Crippen LogP contribution in [-0.4, -0.2) is 18.8 Å². The highest BCUT2D eigenvalue weighted by Gasteiger charge is 2.33. The summed E-state index contributed by atoms with van der Waals surface area (Å²) in [6, 6.07) is 0.174. The van der Waals surface area contributed by atoms with Crippen LogP contribution in [0.1, 0.15) is 45.4 Å². The Kier molecular flexibility index (Phi) is 3.42. The van der Waals surface area contributed by atoms with Gasteiger partial charge in [-0.2, -0.15) is 0 Å². The van der Waals surface area contributed by atoms with Gasteiger partial charge in [0.1, 0.15) is 6.17 Å². The van der Waals surface area contributed by atoms with Crippen molar-refractivity contribution in [1.29, 1.82) is 0 Å². The standard InChI is InChI=1S/C12H22FN/c1-9-4-6-10(7-5-9)12(13)11-3-2-8-14-11/h9-12,14H,2-8H2,1H3. The second kappa shape index (κ2) is 4.61. The lowest BCUT2D eigenvalue weighted by molar-refractivity contribution is 0.129. The molecule has 82 valence electrons. The molecule has 1 N–H and O–H groups in total. The molecule has 0 radical (unpaired) electrons. The second-order valence-corrected chi connectivity index (χ2v) is 5.17. The Morgan fingerprint density at radius 2 is 1.86 bits per heavy atom. The van der Waals surface area contributed by atoms with Gasteiger partial charge in [0, 0.05) is 6.04 Å². The van der Waals surface area contributed by atoms with Crippen molar-refractivity contribution in [3.63, 3.8) is 0 Å². The minimum Gasteiger partial charge on any atom is -0.311 e. The number of hydrogen-bond donors (Lipinski definition) is 1. The fourth-order valence-corrected chi connectivity index (χ4v) is 2.92. The van der Waals surface area contributed by atoms with Crippen LogP contribution in [0.3, 0.4) is 0 Å². The summed E-state index contributed by atoms with van der Waals surface area (Å²) in [4.78, 5) is 0. The van der Waals surface area contributed by atoms with Gasteiger partial charge in [-0.05, 0) is 44.1 Å². The van der Waals surface area contributed by atoms with Gasteiger partial charge in [-0.3, -0.25) is 0 Å². The molecule has 14 heavy (non-hydrogen) atoms. The van der Waals surface area contributed by atoms with E-state index in [9.17, 15) is 4.39 Å². The highest BCUT2D eigenvalue weighted by atomic mass is 19.1. The van der Waals surface area contributed by atoms with Crippen molar-refractivity contribution in [3.05, 3.63) is 0 Å². The molecule has 0 amide bonds. The third-order valence-corrected chi connectivity index (χ3v) is 3.99. The van der Waals surface area contributed by atoms with Crippen LogP contribution >= 0.6 is 0 Å². The van der Waals surface area contributed by atoms with E-state index in [1.807, 2.05) is 0 Å². The fraction of sp³-hybridized carbons (Fsp3) is 1.00. The van der Waals surface area contributed by atoms with E-state index in [1.165, 1.54) is 12.8 Å². The summed E-state index contributed by atoms with van der Waals surface area (Å²) in [5, 5.41) is 3.29. The summed E-state index contributed by atoms with van der Waals surface area (Å²) in [5.41, 5.74) is 0. The van der Waals surface area contributed by atoms with E-state index < -0.39 is 6.17 Å². The molecule has 2 fully saturated rings. The first-order valence-corrected chi connectivity index (χ1v) is 6.15. The highest BCUT2D eigenvalue weighted by molar-refractivity contribution is 4.87. The van der Waals surface area contributed by atoms with Crippen LogP contribution in [0.2, 0.25) is 0 Å². The summed E-state index contributed by atoms with van der Waals surface area (Å²) in [7, 11) is 0. The summed E-state index contributed by atoms with van der Waals surface area (Å²) in [6.07, 6.45) is 6.32. The van der Waals surface area contributed by atoms with Crippen LogP contribution in [0, 0.1) is 11.8 Å². The lowest BCUT2D eigenvalue weighted by Crippen LogP contribution is -2.38. The van der Waals surface area contributed by atoms with Gasteiger partial charge in [0.2, 0.25) is 0 Å². The molecule has 1 saturated carbocycles. The van der Waals surface area contributed by atoms with Crippen molar-refractivity contribution in [2.24, 2.45) is 11.8 Å². The van der Waals surface area contributed by atoms with Gasteiger partial charge >= 0.3 is 0 Å². The second-order valence-electron chi connectivity index (χ2n) is 5.17. The zero-order chi connectivity index (χ0) is 9.97. The predicted octanol–water partition coefficient (Wildman–Crippen LogP) is 2.90. The maximum Gasteiger partial charge on any atom is 0.118 e. The third-order valence-electron chi connectivity index (χ3n) is 3.99. The monoisotopic (exact) mass is 199 g/mol. The molecule has 2 rings (SSSR count). The van der Waals surface area contributed by atoms with E-state index in [-0.39, 0.29) is 6.04 Å². The topological polar surface area (TPSA) is 12.0 Å². The highest BCUT2D eigenvalue weighted by Crippen LogP contribution is 2.34. The number of hydrogen-bond acceptors (Lipinski definition) is 1. The van der Waals surface area contributed by atoms with E-state index in [1.54, 1.807) is 0 Å². The summed E-state index contributed by atoms with van der Waals surface area (Å²) in [5.74, 6) is 1.18. The quantitative estimate of drug-likeness (QED) is 0.721.